The van der Waals surface area contributed by atoms with Crippen LogP contribution < -0.4 is 5.32 Å². The van der Waals surface area contributed by atoms with E-state index >= 15 is 0 Å². The lowest BCUT2D eigenvalue weighted by atomic mass is 9.97. The first-order valence-corrected chi connectivity index (χ1v) is 8.37. The van der Waals surface area contributed by atoms with E-state index in [0.717, 1.165) is 13.0 Å². The van der Waals surface area contributed by atoms with Gasteiger partial charge in [-0.25, -0.2) is 0 Å². The van der Waals surface area contributed by atoms with Crippen molar-refractivity contribution in [2.45, 2.75) is 63.6 Å². The third-order valence-corrected chi connectivity index (χ3v) is 4.92. The number of aliphatic hydroxyl groups excluding tert-OH is 1. The Labute approximate surface area is 124 Å². The van der Waals surface area contributed by atoms with E-state index in [1.807, 2.05) is 0 Å². The van der Waals surface area contributed by atoms with Gasteiger partial charge in [0.1, 0.15) is 0 Å². The van der Waals surface area contributed by atoms with Crippen LogP contribution in [-0.4, -0.2) is 72.4 Å². The SMILES string of the molecule is CCC1CN(C)CCCN1CCC(C)(CO)NC1CC1. The number of hydrogen-bond donors (Lipinski definition) is 2. The second-order valence-electron chi connectivity index (χ2n) is 7.10. The molecule has 2 aliphatic rings. The fourth-order valence-corrected chi connectivity index (χ4v) is 3.28. The first kappa shape index (κ1) is 16.2. The molecule has 1 heterocycles. The van der Waals surface area contributed by atoms with Gasteiger partial charge in [0.15, 0.2) is 0 Å². The minimum absolute atomic E-state index is 0.0995. The van der Waals surface area contributed by atoms with E-state index in [4.69, 9.17) is 0 Å². The first-order valence-electron chi connectivity index (χ1n) is 8.37. The molecule has 2 atom stereocenters. The van der Waals surface area contributed by atoms with Crippen LogP contribution in [0, 0.1) is 0 Å². The molecule has 1 saturated heterocycles. The van der Waals surface area contributed by atoms with Crippen molar-refractivity contribution in [3.63, 3.8) is 0 Å². The maximum absolute atomic E-state index is 9.72. The molecule has 1 saturated carbocycles. The lowest BCUT2D eigenvalue weighted by Gasteiger charge is -2.35. The molecule has 2 unspecified atom stereocenters. The Morgan fingerprint density at radius 1 is 1.30 bits per heavy atom. The van der Waals surface area contributed by atoms with Gasteiger partial charge in [-0.2, -0.15) is 0 Å². The minimum atomic E-state index is -0.0995. The van der Waals surface area contributed by atoms with Gasteiger partial charge >= 0.3 is 0 Å². The molecule has 0 aromatic rings. The first-order chi connectivity index (χ1) is 9.56. The molecule has 118 valence electrons. The predicted molar refractivity (Wildman–Crippen MR) is 84.0 cm³/mol. The highest BCUT2D eigenvalue weighted by Crippen LogP contribution is 2.24. The van der Waals surface area contributed by atoms with Crippen molar-refractivity contribution >= 4 is 0 Å². The molecular weight excluding hydrogens is 250 g/mol. The highest BCUT2D eigenvalue weighted by Gasteiger charge is 2.33. The molecule has 0 radical (unpaired) electrons. The zero-order chi connectivity index (χ0) is 14.6. The lowest BCUT2D eigenvalue weighted by Crippen LogP contribution is -2.50. The van der Waals surface area contributed by atoms with Gasteiger partial charge < -0.3 is 15.3 Å². The van der Waals surface area contributed by atoms with Crippen molar-refractivity contribution in [3.05, 3.63) is 0 Å². The molecule has 0 bridgehead atoms. The van der Waals surface area contributed by atoms with Crippen LogP contribution in [0.3, 0.4) is 0 Å². The number of nitrogens with one attached hydrogen (secondary N) is 1. The van der Waals surface area contributed by atoms with Gasteiger partial charge in [0.25, 0.3) is 0 Å². The number of likely N-dealkylation sites (N-methyl/N-ethyl adjacent to an activating group) is 1. The van der Waals surface area contributed by atoms with Crippen molar-refractivity contribution in [2.24, 2.45) is 0 Å². The normalized spacial score (nSPS) is 29.1. The van der Waals surface area contributed by atoms with Crippen LogP contribution in [0.1, 0.15) is 46.0 Å². The van der Waals surface area contributed by atoms with E-state index in [-0.39, 0.29) is 12.1 Å². The molecule has 1 aliphatic heterocycles. The molecule has 0 amide bonds. The Balaban J connectivity index is 1.85. The molecule has 2 N–H and O–H groups in total. The van der Waals surface area contributed by atoms with Crippen LogP contribution in [-0.2, 0) is 0 Å². The van der Waals surface area contributed by atoms with Crippen molar-refractivity contribution in [3.8, 4) is 0 Å². The summed E-state index contributed by atoms with van der Waals surface area (Å²) in [4.78, 5) is 5.11. The third-order valence-electron chi connectivity index (χ3n) is 4.92. The van der Waals surface area contributed by atoms with E-state index in [0.29, 0.717) is 12.1 Å². The van der Waals surface area contributed by atoms with E-state index in [1.54, 1.807) is 0 Å². The molecule has 0 aromatic heterocycles. The highest BCUT2D eigenvalue weighted by atomic mass is 16.3. The van der Waals surface area contributed by atoms with Gasteiger partial charge in [-0.3, -0.25) is 4.90 Å². The summed E-state index contributed by atoms with van der Waals surface area (Å²) in [6.45, 7) is 9.42. The smallest absolute Gasteiger partial charge is 0.0611 e. The van der Waals surface area contributed by atoms with Crippen molar-refractivity contribution in [2.75, 3.05) is 39.8 Å². The average molecular weight is 283 g/mol. The molecule has 2 rings (SSSR count). The summed E-state index contributed by atoms with van der Waals surface area (Å²) in [6.07, 6.45) is 6.08. The van der Waals surface area contributed by atoms with Crippen molar-refractivity contribution in [1.82, 2.24) is 15.1 Å². The maximum atomic E-state index is 9.72. The summed E-state index contributed by atoms with van der Waals surface area (Å²) in [5.74, 6) is 0. The van der Waals surface area contributed by atoms with Crippen LogP contribution in [0.2, 0.25) is 0 Å². The van der Waals surface area contributed by atoms with Crippen LogP contribution >= 0.6 is 0 Å². The quantitative estimate of drug-likeness (QED) is 0.739. The molecular formula is C16H33N3O. The maximum Gasteiger partial charge on any atom is 0.0611 e. The summed E-state index contributed by atoms with van der Waals surface area (Å²) >= 11 is 0. The number of rotatable bonds is 7. The fraction of sp³-hybridized carbons (Fsp3) is 1.00. The summed E-state index contributed by atoms with van der Waals surface area (Å²) < 4.78 is 0. The van der Waals surface area contributed by atoms with E-state index < -0.39 is 0 Å². The Morgan fingerprint density at radius 3 is 2.65 bits per heavy atom. The standard InChI is InChI=1S/C16H33N3O/c1-4-15-12-18(3)9-5-10-19(15)11-8-16(2,13-20)17-14-6-7-14/h14-15,17,20H,4-13H2,1-3H3. The summed E-state index contributed by atoms with van der Waals surface area (Å²) in [6, 6.07) is 1.33. The van der Waals surface area contributed by atoms with Gasteiger partial charge in [-0.1, -0.05) is 6.92 Å². The Hall–Kier alpha value is -0.160. The Kier molecular flexibility index (Phi) is 5.84. The fourth-order valence-electron chi connectivity index (χ4n) is 3.28. The molecule has 4 heteroatoms. The summed E-state index contributed by atoms with van der Waals surface area (Å²) in [5.41, 5.74) is -0.0995. The number of nitrogens with zero attached hydrogens (tertiary/aromatic N) is 2. The van der Waals surface area contributed by atoms with Crippen LogP contribution in [0.15, 0.2) is 0 Å². The second-order valence-corrected chi connectivity index (χ2v) is 7.10. The predicted octanol–water partition coefficient (Wildman–Crippen LogP) is 1.30. The largest absolute Gasteiger partial charge is 0.394 e. The lowest BCUT2D eigenvalue weighted by molar-refractivity contribution is 0.124. The van der Waals surface area contributed by atoms with Crippen LogP contribution in [0.5, 0.6) is 0 Å². The van der Waals surface area contributed by atoms with E-state index in [2.05, 4.69) is 36.0 Å². The molecule has 20 heavy (non-hydrogen) atoms. The van der Waals surface area contributed by atoms with Crippen molar-refractivity contribution in [1.29, 1.82) is 0 Å². The summed E-state index contributed by atoms with van der Waals surface area (Å²) in [7, 11) is 2.23. The number of hydrogen-bond acceptors (Lipinski definition) is 4. The molecule has 0 aromatic carbocycles. The number of aliphatic hydroxyl groups is 1. The van der Waals surface area contributed by atoms with Crippen LogP contribution in [0.4, 0.5) is 0 Å². The van der Waals surface area contributed by atoms with E-state index in [9.17, 15) is 5.11 Å². The van der Waals surface area contributed by atoms with E-state index in [1.165, 1.54) is 45.3 Å². The van der Waals surface area contributed by atoms with Gasteiger partial charge in [-0.05, 0) is 59.2 Å². The molecule has 0 spiro atoms. The van der Waals surface area contributed by atoms with Crippen LogP contribution in [0.25, 0.3) is 0 Å². The topological polar surface area (TPSA) is 38.7 Å². The molecule has 1 aliphatic carbocycles. The van der Waals surface area contributed by atoms with Gasteiger partial charge in [0.2, 0.25) is 0 Å². The zero-order valence-electron chi connectivity index (χ0n) is 13.6. The van der Waals surface area contributed by atoms with Gasteiger partial charge in [-0.15, -0.1) is 0 Å². The minimum Gasteiger partial charge on any atom is -0.394 e. The zero-order valence-corrected chi connectivity index (χ0v) is 13.6. The Bertz CT molecular complexity index is 295. The van der Waals surface area contributed by atoms with Gasteiger partial charge in [0.05, 0.1) is 6.61 Å². The molecule has 4 nitrogen and oxygen atoms in total. The third kappa shape index (κ3) is 4.69. The molecule has 2 fully saturated rings. The Morgan fingerprint density at radius 2 is 2.05 bits per heavy atom. The second kappa shape index (κ2) is 7.21. The van der Waals surface area contributed by atoms with Crippen molar-refractivity contribution < 1.29 is 5.11 Å². The van der Waals surface area contributed by atoms with Gasteiger partial charge in [0, 0.05) is 30.7 Å². The monoisotopic (exact) mass is 283 g/mol. The highest BCUT2D eigenvalue weighted by molar-refractivity contribution is 4.93. The summed E-state index contributed by atoms with van der Waals surface area (Å²) in [5, 5.41) is 13.3. The average Bonchev–Trinajstić information content (AvgIpc) is 3.24.